The Morgan fingerprint density at radius 1 is 1.35 bits per heavy atom. The molecule has 0 spiro atoms. The maximum Gasteiger partial charge on any atom is 0.315 e. The Morgan fingerprint density at radius 3 is 2.65 bits per heavy atom. The van der Waals surface area contributed by atoms with Crippen molar-refractivity contribution in [2.75, 3.05) is 6.54 Å². The summed E-state index contributed by atoms with van der Waals surface area (Å²) in [7, 11) is 0. The Kier molecular flexibility index (Phi) is 4.65. The zero-order valence-electron chi connectivity index (χ0n) is 12.2. The van der Waals surface area contributed by atoms with Crippen LogP contribution in [0, 0.1) is 5.92 Å². The molecule has 1 aromatic rings. The zero-order chi connectivity index (χ0) is 14.6. The number of rotatable bonds is 4. The molecule has 0 bridgehead atoms. The molecule has 0 saturated heterocycles. The van der Waals surface area contributed by atoms with Crippen LogP contribution in [0.2, 0.25) is 0 Å². The first kappa shape index (κ1) is 14.9. The van der Waals surface area contributed by atoms with Gasteiger partial charge in [0.25, 0.3) is 0 Å². The Bertz CT molecular complexity index is 445. The van der Waals surface area contributed by atoms with Crippen molar-refractivity contribution in [3.63, 3.8) is 0 Å². The van der Waals surface area contributed by atoms with E-state index in [1.54, 1.807) is 6.92 Å². The summed E-state index contributed by atoms with van der Waals surface area (Å²) in [6.45, 7) is 4.07. The van der Waals surface area contributed by atoms with Crippen LogP contribution in [0.1, 0.15) is 38.7 Å². The van der Waals surface area contributed by atoms with Crippen LogP contribution in [0.15, 0.2) is 30.3 Å². The Balaban J connectivity index is 1.83. The molecule has 0 aliphatic heterocycles. The Labute approximate surface area is 120 Å². The predicted octanol–water partition coefficient (Wildman–Crippen LogP) is 2.38. The maximum absolute atomic E-state index is 11.9. The molecule has 1 saturated carbocycles. The minimum absolute atomic E-state index is 0.194. The van der Waals surface area contributed by atoms with Gasteiger partial charge in [-0.15, -0.1) is 0 Å². The van der Waals surface area contributed by atoms with Gasteiger partial charge < -0.3 is 15.7 Å². The summed E-state index contributed by atoms with van der Waals surface area (Å²) >= 11 is 0. The molecule has 20 heavy (non-hydrogen) atoms. The molecule has 1 aliphatic carbocycles. The molecule has 0 radical (unpaired) electrons. The van der Waals surface area contributed by atoms with E-state index in [1.807, 2.05) is 30.3 Å². The lowest BCUT2D eigenvalue weighted by molar-refractivity contribution is 0.0592. The standard InChI is InChI=1S/C16H24N2O2/c1-12-7-6-10-14(12)18-15(19)17-11-16(2,20)13-8-4-3-5-9-13/h3-5,8-9,12,14,20H,6-7,10-11H2,1-2H3,(H2,17,18,19). The van der Waals surface area contributed by atoms with Crippen LogP contribution >= 0.6 is 0 Å². The van der Waals surface area contributed by atoms with Gasteiger partial charge in [-0.2, -0.15) is 0 Å². The summed E-state index contributed by atoms with van der Waals surface area (Å²) in [5.41, 5.74) is -0.255. The second kappa shape index (κ2) is 6.27. The molecule has 4 heteroatoms. The topological polar surface area (TPSA) is 61.4 Å². The third kappa shape index (κ3) is 3.73. The SMILES string of the molecule is CC1CCCC1NC(=O)NCC(C)(O)c1ccccc1. The van der Waals surface area contributed by atoms with Gasteiger partial charge in [-0.25, -0.2) is 4.79 Å². The van der Waals surface area contributed by atoms with E-state index >= 15 is 0 Å². The van der Waals surface area contributed by atoms with Crippen molar-refractivity contribution < 1.29 is 9.90 Å². The predicted molar refractivity (Wildman–Crippen MR) is 79.4 cm³/mol. The van der Waals surface area contributed by atoms with E-state index in [-0.39, 0.29) is 18.6 Å². The van der Waals surface area contributed by atoms with Gasteiger partial charge in [-0.05, 0) is 31.2 Å². The van der Waals surface area contributed by atoms with E-state index in [9.17, 15) is 9.90 Å². The van der Waals surface area contributed by atoms with Gasteiger partial charge >= 0.3 is 6.03 Å². The molecule has 3 N–H and O–H groups in total. The molecule has 2 rings (SSSR count). The number of nitrogens with one attached hydrogen (secondary N) is 2. The van der Waals surface area contributed by atoms with Crippen molar-refractivity contribution in [1.29, 1.82) is 0 Å². The third-order valence-corrected chi connectivity index (χ3v) is 4.17. The number of benzene rings is 1. The smallest absolute Gasteiger partial charge is 0.315 e. The fraction of sp³-hybridized carbons (Fsp3) is 0.562. The summed E-state index contributed by atoms with van der Waals surface area (Å²) in [5.74, 6) is 0.537. The molecule has 3 atom stereocenters. The van der Waals surface area contributed by atoms with Crippen LogP contribution in [0.3, 0.4) is 0 Å². The van der Waals surface area contributed by atoms with Crippen molar-refractivity contribution in [2.24, 2.45) is 5.92 Å². The minimum atomic E-state index is -1.06. The van der Waals surface area contributed by atoms with Gasteiger partial charge in [0.2, 0.25) is 0 Å². The van der Waals surface area contributed by atoms with E-state index in [1.165, 1.54) is 12.8 Å². The molecule has 4 nitrogen and oxygen atoms in total. The first-order valence-electron chi connectivity index (χ1n) is 7.31. The molecular weight excluding hydrogens is 252 g/mol. The van der Waals surface area contributed by atoms with Crippen LogP contribution in [0.5, 0.6) is 0 Å². The molecule has 0 heterocycles. The summed E-state index contributed by atoms with van der Waals surface area (Å²) in [6.07, 6.45) is 3.39. The number of aliphatic hydroxyl groups is 1. The number of urea groups is 1. The van der Waals surface area contributed by atoms with E-state index in [4.69, 9.17) is 0 Å². The van der Waals surface area contributed by atoms with Crippen molar-refractivity contribution >= 4 is 6.03 Å². The van der Waals surface area contributed by atoms with Crippen LogP contribution in [0.4, 0.5) is 4.79 Å². The number of carbonyl (C=O) groups excluding carboxylic acids is 1. The number of hydrogen-bond acceptors (Lipinski definition) is 2. The minimum Gasteiger partial charge on any atom is -0.384 e. The highest BCUT2D eigenvalue weighted by Gasteiger charge is 2.27. The first-order valence-corrected chi connectivity index (χ1v) is 7.31. The fourth-order valence-corrected chi connectivity index (χ4v) is 2.73. The molecule has 1 fully saturated rings. The van der Waals surface area contributed by atoms with E-state index < -0.39 is 5.60 Å². The third-order valence-electron chi connectivity index (χ3n) is 4.17. The summed E-state index contributed by atoms with van der Waals surface area (Å²) in [4.78, 5) is 11.9. The number of hydrogen-bond donors (Lipinski definition) is 3. The quantitative estimate of drug-likeness (QED) is 0.790. The summed E-state index contributed by atoms with van der Waals surface area (Å²) in [5, 5.41) is 16.2. The lowest BCUT2D eigenvalue weighted by Crippen LogP contribution is -2.47. The maximum atomic E-state index is 11.9. The van der Waals surface area contributed by atoms with Gasteiger partial charge in [-0.3, -0.25) is 0 Å². The normalized spacial score (nSPS) is 24.9. The fourth-order valence-electron chi connectivity index (χ4n) is 2.73. The van der Waals surface area contributed by atoms with Crippen LogP contribution < -0.4 is 10.6 Å². The van der Waals surface area contributed by atoms with E-state index in [0.717, 1.165) is 12.0 Å². The molecule has 1 aliphatic rings. The second-order valence-corrected chi connectivity index (χ2v) is 5.98. The highest BCUT2D eigenvalue weighted by molar-refractivity contribution is 5.74. The lowest BCUT2D eigenvalue weighted by atomic mass is 9.96. The van der Waals surface area contributed by atoms with E-state index in [0.29, 0.717) is 5.92 Å². The van der Waals surface area contributed by atoms with E-state index in [2.05, 4.69) is 17.6 Å². The molecule has 1 aromatic carbocycles. The monoisotopic (exact) mass is 276 g/mol. The van der Waals surface area contributed by atoms with Gasteiger partial charge in [-0.1, -0.05) is 43.7 Å². The van der Waals surface area contributed by atoms with Gasteiger partial charge in [0, 0.05) is 6.04 Å². The molecule has 110 valence electrons. The van der Waals surface area contributed by atoms with Gasteiger partial charge in [0.1, 0.15) is 5.60 Å². The lowest BCUT2D eigenvalue weighted by Gasteiger charge is -2.25. The average Bonchev–Trinajstić information content (AvgIpc) is 2.83. The summed E-state index contributed by atoms with van der Waals surface area (Å²) < 4.78 is 0. The van der Waals surface area contributed by atoms with Crippen molar-refractivity contribution in [2.45, 2.75) is 44.8 Å². The molecule has 3 unspecified atom stereocenters. The highest BCUT2D eigenvalue weighted by Crippen LogP contribution is 2.24. The average molecular weight is 276 g/mol. The highest BCUT2D eigenvalue weighted by atomic mass is 16.3. The molecule has 2 amide bonds. The molecular formula is C16H24N2O2. The first-order chi connectivity index (χ1) is 9.49. The van der Waals surface area contributed by atoms with Crippen molar-refractivity contribution in [1.82, 2.24) is 10.6 Å². The van der Waals surface area contributed by atoms with Crippen molar-refractivity contribution in [3.05, 3.63) is 35.9 Å². The second-order valence-electron chi connectivity index (χ2n) is 5.98. The van der Waals surface area contributed by atoms with Crippen molar-refractivity contribution in [3.8, 4) is 0 Å². The number of amides is 2. The summed E-state index contributed by atoms with van der Waals surface area (Å²) in [6, 6.07) is 9.45. The van der Waals surface area contributed by atoms with Gasteiger partial charge in [0.15, 0.2) is 0 Å². The Hall–Kier alpha value is -1.55. The molecule has 0 aromatic heterocycles. The Morgan fingerprint density at radius 2 is 2.05 bits per heavy atom. The van der Waals surface area contributed by atoms with Crippen LogP contribution in [-0.2, 0) is 5.60 Å². The van der Waals surface area contributed by atoms with Gasteiger partial charge in [0.05, 0.1) is 6.54 Å². The zero-order valence-corrected chi connectivity index (χ0v) is 12.2. The van der Waals surface area contributed by atoms with Crippen LogP contribution in [0.25, 0.3) is 0 Å². The van der Waals surface area contributed by atoms with Crippen LogP contribution in [-0.4, -0.2) is 23.7 Å². The number of carbonyl (C=O) groups is 1. The largest absolute Gasteiger partial charge is 0.384 e.